The number of carbonyl (C=O) groups is 2. The number of hydrogen-bond donors (Lipinski definition) is 2. The Kier molecular flexibility index (Phi) is 7.26. The average molecular weight is 471 g/mol. The van der Waals surface area contributed by atoms with Crippen molar-refractivity contribution in [1.82, 2.24) is 20.8 Å². The summed E-state index contributed by atoms with van der Waals surface area (Å²) >= 11 is 3.09. The Balaban J connectivity index is 1.53. The Labute approximate surface area is 195 Å². The number of ether oxygens (including phenoxy) is 1. The fourth-order valence-corrected chi connectivity index (χ4v) is 5.66. The van der Waals surface area contributed by atoms with Crippen molar-refractivity contribution in [2.75, 3.05) is 5.75 Å². The maximum absolute atomic E-state index is 12.3. The number of thioether (sulfide) groups is 1. The van der Waals surface area contributed by atoms with Crippen LogP contribution in [0.15, 0.2) is 35.4 Å². The average Bonchev–Trinajstić information content (AvgIpc) is 3.18. The van der Waals surface area contributed by atoms with Gasteiger partial charge in [0, 0.05) is 16.2 Å². The number of amides is 2. The van der Waals surface area contributed by atoms with Crippen LogP contribution in [-0.4, -0.2) is 27.5 Å². The first kappa shape index (κ1) is 22.5. The summed E-state index contributed by atoms with van der Waals surface area (Å²) in [6, 6.07) is 9.58. The largest absolute Gasteiger partial charge is 0.486 e. The van der Waals surface area contributed by atoms with E-state index in [9.17, 15) is 9.59 Å². The second-order valence-electron chi connectivity index (χ2n) is 7.92. The zero-order valence-corrected chi connectivity index (χ0v) is 19.8. The SMILES string of the molecule is CC(C)C(=O)NNC(=O)CSc1nc(COc2ccccc2)nc2sc3c(c12)CCCC3. The quantitative estimate of drug-likeness (QED) is 0.307. The topological polar surface area (TPSA) is 93.2 Å². The van der Waals surface area contributed by atoms with Crippen LogP contribution in [0.25, 0.3) is 10.2 Å². The number of carbonyl (C=O) groups excluding carboxylic acids is 2. The van der Waals surface area contributed by atoms with Gasteiger partial charge in [0.05, 0.1) is 5.75 Å². The highest BCUT2D eigenvalue weighted by Crippen LogP contribution is 2.39. The Morgan fingerprint density at radius 1 is 1.12 bits per heavy atom. The monoisotopic (exact) mass is 470 g/mol. The number of nitrogens with zero attached hydrogens (tertiary/aromatic N) is 2. The van der Waals surface area contributed by atoms with Gasteiger partial charge in [0.1, 0.15) is 22.2 Å². The number of rotatable bonds is 7. The summed E-state index contributed by atoms with van der Waals surface area (Å²) < 4.78 is 5.85. The van der Waals surface area contributed by atoms with Crippen molar-refractivity contribution in [2.24, 2.45) is 5.92 Å². The number of benzene rings is 1. The highest BCUT2D eigenvalue weighted by Gasteiger charge is 2.22. The van der Waals surface area contributed by atoms with E-state index in [4.69, 9.17) is 14.7 Å². The van der Waals surface area contributed by atoms with Crippen LogP contribution in [0.5, 0.6) is 5.75 Å². The van der Waals surface area contributed by atoms with Gasteiger partial charge in [0.15, 0.2) is 5.82 Å². The Bertz CT molecular complexity index is 1120. The molecule has 2 heterocycles. The molecule has 0 radical (unpaired) electrons. The maximum Gasteiger partial charge on any atom is 0.248 e. The molecule has 1 aromatic carbocycles. The van der Waals surface area contributed by atoms with Gasteiger partial charge in [-0.1, -0.05) is 43.8 Å². The molecule has 2 aromatic heterocycles. The van der Waals surface area contributed by atoms with Crippen LogP contribution in [0.1, 0.15) is 43.0 Å². The summed E-state index contributed by atoms with van der Waals surface area (Å²) in [5, 5.41) is 1.86. The molecule has 1 aliphatic carbocycles. The van der Waals surface area contributed by atoms with Gasteiger partial charge in [-0.25, -0.2) is 9.97 Å². The summed E-state index contributed by atoms with van der Waals surface area (Å²) in [4.78, 5) is 35.8. The van der Waals surface area contributed by atoms with Crippen LogP contribution in [-0.2, 0) is 29.0 Å². The van der Waals surface area contributed by atoms with E-state index in [2.05, 4.69) is 10.9 Å². The first-order valence-electron chi connectivity index (χ1n) is 10.7. The molecule has 3 aromatic rings. The van der Waals surface area contributed by atoms with Gasteiger partial charge in [-0.3, -0.25) is 20.4 Å². The fraction of sp³-hybridized carbons (Fsp3) is 0.391. The van der Waals surface area contributed by atoms with E-state index in [1.54, 1.807) is 25.2 Å². The molecular weight excluding hydrogens is 444 g/mol. The van der Waals surface area contributed by atoms with Crippen molar-refractivity contribution >= 4 is 45.1 Å². The highest BCUT2D eigenvalue weighted by molar-refractivity contribution is 8.00. The molecule has 0 bridgehead atoms. The number of thiophene rings is 1. The molecule has 0 unspecified atom stereocenters. The summed E-state index contributed by atoms with van der Waals surface area (Å²) in [6.07, 6.45) is 4.43. The standard InChI is InChI=1S/C23H26N4O3S2/c1-14(2)21(29)27-26-19(28)13-31-22-20-16-10-6-7-11-17(16)32-23(20)25-18(24-22)12-30-15-8-4-3-5-9-15/h3-5,8-9,14H,6-7,10-13H2,1-2H3,(H,26,28)(H,27,29). The molecule has 0 saturated carbocycles. The maximum atomic E-state index is 12.3. The second kappa shape index (κ2) is 10.3. The van der Waals surface area contributed by atoms with Crippen molar-refractivity contribution in [2.45, 2.75) is 51.2 Å². The second-order valence-corrected chi connectivity index (χ2v) is 9.97. The number of para-hydroxylation sites is 1. The number of nitrogens with one attached hydrogen (secondary N) is 2. The number of fused-ring (bicyclic) bond motifs is 3. The summed E-state index contributed by atoms with van der Waals surface area (Å²) in [7, 11) is 0. The Morgan fingerprint density at radius 2 is 1.91 bits per heavy atom. The molecule has 9 heteroatoms. The fourth-order valence-electron chi connectivity index (χ4n) is 3.45. The molecule has 4 rings (SSSR count). The lowest BCUT2D eigenvalue weighted by Gasteiger charge is -2.13. The predicted molar refractivity (Wildman–Crippen MR) is 127 cm³/mol. The molecule has 0 aliphatic heterocycles. The van der Waals surface area contributed by atoms with Crippen LogP contribution >= 0.6 is 23.1 Å². The van der Waals surface area contributed by atoms with Crippen molar-refractivity contribution in [3.8, 4) is 5.75 Å². The van der Waals surface area contributed by atoms with Gasteiger partial charge in [-0.15, -0.1) is 11.3 Å². The van der Waals surface area contributed by atoms with E-state index in [0.717, 1.165) is 40.3 Å². The number of aryl methyl sites for hydroxylation is 2. The summed E-state index contributed by atoms with van der Waals surface area (Å²) in [6.45, 7) is 3.80. The van der Waals surface area contributed by atoms with Gasteiger partial charge in [0.2, 0.25) is 11.8 Å². The third-order valence-electron chi connectivity index (χ3n) is 5.13. The molecular formula is C23H26N4O3S2. The lowest BCUT2D eigenvalue weighted by Crippen LogP contribution is -2.44. The molecule has 0 fully saturated rings. The first-order valence-corrected chi connectivity index (χ1v) is 12.5. The molecule has 7 nitrogen and oxygen atoms in total. The third kappa shape index (κ3) is 5.39. The molecule has 0 saturated heterocycles. The van der Waals surface area contributed by atoms with E-state index < -0.39 is 0 Å². The van der Waals surface area contributed by atoms with Crippen molar-refractivity contribution in [3.05, 3.63) is 46.6 Å². The molecule has 1 aliphatic rings. The van der Waals surface area contributed by atoms with Crippen LogP contribution in [0, 0.1) is 5.92 Å². The molecule has 168 valence electrons. The minimum atomic E-state index is -0.276. The minimum Gasteiger partial charge on any atom is -0.486 e. The van der Waals surface area contributed by atoms with E-state index in [0.29, 0.717) is 5.82 Å². The van der Waals surface area contributed by atoms with Gasteiger partial charge in [-0.2, -0.15) is 0 Å². The first-order chi connectivity index (χ1) is 15.5. The van der Waals surface area contributed by atoms with Crippen LogP contribution in [0.2, 0.25) is 0 Å². The van der Waals surface area contributed by atoms with E-state index in [-0.39, 0.29) is 30.1 Å². The number of hydrogen-bond acceptors (Lipinski definition) is 7. The van der Waals surface area contributed by atoms with E-state index >= 15 is 0 Å². The Hall–Kier alpha value is -2.65. The normalized spacial score (nSPS) is 13.1. The summed E-state index contributed by atoms with van der Waals surface area (Å²) in [5.41, 5.74) is 6.24. The molecule has 32 heavy (non-hydrogen) atoms. The van der Waals surface area contributed by atoms with Crippen LogP contribution < -0.4 is 15.6 Å². The van der Waals surface area contributed by atoms with Gasteiger partial charge in [0.25, 0.3) is 0 Å². The van der Waals surface area contributed by atoms with Crippen molar-refractivity contribution in [1.29, 1.82) is 0 Å². The van der Waals surface area contributed by atoms with E-state index in [1.165, 1.54) is 28.6 Å². The third-order valence-corrected chi connectivity index (χ3v) is 7.29. The van der Waals surface area contributed by atoms with Crippen LogP contribution in [0.3, 0.4) is 0 Å². The van der Waals surface area contributed by atoms with Gasteiger partial charge in [-0.05, 0) is 43.4 Å². The Morgan fingerprint density at radius 3 is 2.69 bits per heavy atom. The van der Waals surface area contributed by atoms with E-state index in [1.807, 2.05) is 30.3 Å². The minimum absolute atomic E-state index is 0.147. The smallest absolute Gasteiger partial charge is 0.248 e. The zero-order chi connectivity index (χ0) is 22.5. The van der Waals surface area contributed by atoms with Crippen molar-refractivity contribution < 1.29 is 14.3 Å². The van der Waals surface area contributed by atoms with Crippen molar-refractivity contribution in [3.63, 3.8) is 0 Å². The molecule has 2 amide bonds. The van der Waals surface area contributed by atoms with Gasteiger partial charge >= 0.3 is 0 Å². The highest BCUT2D eigenvalue weighted by atomic mass is 32.2. The number of aromatic nitrogens is 2. The lowest BCUT2D eigenvalue weighted by molar-refractivity contribution is -0.129. The number of hydrazine groups is 1. The zero-order valence-electron chi connectivity index (χ0n) is 18.1. The molecule has 2 N–H and O–H groups in total. The van der Waals surface area contributed by atoms with Crippen LogP contribution in [0.4, 0.5) is 0 Å². The molecule has 0 spiro atoms. The predicted octanol–water partition coefficient (Wildman–Crippen LogP) is 4.04. The summed E-state index contributed by atoms with van der Waals surface area (Å²) in [5.74, 6) is 0.803. The van der Waals surface area contributed by atoms with Gasteiger partial charge < -0.3 is 4.74 Å². The molecule has 0 atom stereocenters. The lowest BCUT2D eigenvalue weighted by atomic mass is 9.97.